The molecule has 144 valence electrons. The van der Waals surface area contributed by atoms with Gasteiger partial charge in [-0.25, -0.2) is 14.7 Å². The van der Waals surface area contributed by atoms with Crippen molar-refractivity contribution in [3.05, 3.63) is 41.6 Å². The highest BCUT2D eigenvalue weighted by atomic mass is 16.5. The van der Waals surface area contributed by atoms with Crippen LogP contribution in [0.1, 0.15) is 37.3 Å². The number of fused-ring (bicyclic) bond motifs is 2. The quantitative estimate of drug-likeness (QED) is 0.823. The molecule has 3 heterocycles. The van der Waals surface area contributed by atoms with E-state index in [2.05, 4.69) is 10.3 Å². The van der Waals surface area contributed by atoms with Crippen LogP contribution < -0.4 is 19.7 Å². The highest BCUT2D eigenvalue weighted by Crippen LogP contribution is 2.59. The summed E-state index contributed by atoms with van der Waals surface area (Å²) < 4.78 is 12.0. The molecular formula is C21H21N3O4. The normalized spacial score (nSPS) is 21.5. The molecule has 1 spiro atoms. The molecule has 2 aromatic rings. The van der Waals surface area contributed by atoms with Crippen molar-refractivity contribution in [1.29, 1.82) is 0 Å². The Morgan fingerprint density at radius 2 is 2.11 bits per heavy atom. The van der Waals surface area contributed by atoms with Crippen molar-refractivity contribution in [2.24, 2.45) is 0 Å². The Labute approximate surface area is 162 Å². The van der Waals surface area contributed by atoms with Gasteiger partial charge in [0.05, 0.1) is 18.5 Å². The second-order valence-electron chi connectivity index (χ2n) is 7.69. The SMILES string of the molecule is CC[C@H]1NC(=O)N(c2ccc(Oc3ccc(C)c4c3C3(CC3)CO4)nc2)C1=O. The molecular weight excluding hydrogens is 358 g/mol. The Morgan fingerprint density at radius 3 is 2.75 bits per heavy atom. The molecule has 3 aliphatic rings. The number of hydrogen-bond acceptors (Lipinski definition) is 5. The lowest BCUT2D eigenvalue weighted by atomic mass is 9.95. The Kier molecular flexibility index (Phi) is 3.62. The molecule has 7 heteroatoms. The summed E-state index contributed by atoms with van der Waals surface area (Å²) in [6.45, 7) is 4.61. The van der Waals surface area contributed by atoms with Crippen molar-refractivity contribution < 1.29 is 19.1 Å². The minimum absolute atomic E-state index is 0.0891. The molecule has 1 aromatic carbocycles. The van der Waals surface area contributed by atoms with E-state index < -0.39 is 12.1 Å². The van der Waals surface area contributed by atoms with Gasteiger partial charge in [-0.2, -0.15) is 0 Å². The molecule has 1 saturated heterocycles. The molecule has 5 rings (SSSR count). The molecule has 3 amide bonds. The molecule has 1 atom stereocenters. The summed E-state index contributed by atoms with van der Waals surface area (Å²) in [5.74, 6) is 1.84. The zero-order chi connectivity index (χ0) is 19.5. The first-order valence-electron chi connectivity index (χ1n) is 9.58. The first-order chi connectivity index (χ1) is 13.5. The van der Waals surface area contributed by atoms with Gasteiger partial charge >= 0.3 is 6.03 Å². The molecule has 1 aliphatic carbocycles. The number of amides is 3. The number of imide groups is 1. The predicted molar refractivity (Wildman–Crippen MR) is 102 cm³/mol. The van der Waals surface area contributed by atoms with E-state index in [0.717, 1.165) is 40.4 Å². The van der Waals surface area contributed by atoms with Gasteiger partial charge in [0.15, 0.2) is 0 Å². The van der Waals surface area contributed by atoms with Crippen LogP contribution >= 0.6 is 0 Å². The fraction of sp³-hybridized carbons (Fsp3) is 0.381. The van der Waals surface area contributed by atoms with Crippen LogP contribution in [-0.4, -0.2) is 29.6 Å². The second kappa shape index (κ2) is 5.95. The van der Waals surface area contributed by atoms with Crippen molar-refractivity contribution in [3.8, 4) is 17.4 Å². The average molecular weight is 379 g/mol. The van der Waals surface area contributed by atoms with E-state index in [1.807, 2.05) is 26.0 Å². The van der Waals surface area contributed by atoms with E-state index in [4.69, 9.17) is 9.47 Å². The summed E-state index contributed by atoms with van der Waals surface area (Å²) in [5, 5.41) is 2.67. The molecule has 1 aromatic heterocycles. The monoisotopic (exact) mass is 379 g/mol. The number of anilines is 1. The first kappa shape index (κ1) is 17.0. The summed E-state index contributed by atoms with van der Waals surface area (Å²) >= 11 is 0. The van der Waals surface area contributed by atoms with Crippen LogP contribution in [0.25, 0.3) is 0 Å². The number of aryl methyl sites for hydroxylation is 1. The fourth-order valence-corrected chi connectivity index (χ4v) is 4.00. The van der Waals surface area contributed by atoms with Crippen molar-refractivity contribution >= 4 is 17.6 Å². The molecule has 1 N–H and O–H groups in total. The number of nitrogens with one attached hydrogen (secondary N) is 1. The molecule has 2 fully saturated rings. The highest BCUT2D eigenvalue weighted by Gasteiger charge is 2.53. The largest absolute Gasteiger partial charge is 0.492 e. The van der Waals surface area contributed by atoms with Gasteiger partial charge in [0.1, 0.15) is 17.5 Å². The van der Waals surface area contributed by atoms with Gasteiger partial charge in [-0.1, -0.05) is 13.0 Å². The van der Waals surface area contributed by atoms with Gasteiger partial charge in [0, 0.05) is 17.0 Å². The number of nitrogens with zero attached hydrogens (tertiary/aromatic N) is 2. The van der Waals surface area contributed by atoms with E-state index in [9.17, 15) is 9.59 Å². The number of rotatable bonds is 4. The molecule has 0 unspecified atom stereocenters. The minimum Gasteiger partial charge on any atom is -0.492 e. The minimum atomic E-state index is -0.478. The summed E-state index contributed by atoms with van der Waals surface area (Å²) in [6.07, 6.45) is 4.26. The predicted octanol–water partition coefficient (Wildman–Crippen LogP) is 3.44. The van der Waals surface area contributed by atoms with Crippen LogP contribution in [0.2, 0.25) is 0 Å². The lowest BCUT2D eigenvalue weighted by molar-refractivity contribution is -0.118. The standard InChI is InChI=1S/C21H21N3O4/c1-3-14-19(25)24(20(26)23-14)13-5-7-16(22-10-13)28-15-6-4-12(2)18-17(15)21(8-9-21)11-27-18/h4-7,10,14H,3,8-9,11H2,1-2H3,(H,23,26)/t14-/m1/s1. The average Bonchev–Trinajstić information content (AvgIpc) is 3.28. The van der Waals surface area contributed by atoms with Crippen LogP contribution in [0.4, 0.5) is 10.5 Å². The van der Waals surface area contributed by atoms with Crippen molar-refractivity contribution in [2.75, 3.05) is 11.5 Å². The first-order valence-corrected chi connectivity index (χ1v) is 9.58. The lowest BCUT2D eigenvalue weighted by Crippen LogP contribution is -2.31. The Morgan fingerprint density at radius 1 is 1.29 bits per heavy atom. The van der Waals surface area contributed by atoms with Gasteiger partial charge in [0.2, 0.25) is 5.88 Å². The number of hydrogen-bond donors (Lipinski definition) is 1. The third kappa shape index (κ3) is 2.46. The van der Waals surface area contributed by atoms with Gasteiger partial charge < -0.3 is 14.8 Å². The molecule has 1 saturated carbocycles. The van der Waals surface area contributed by atoms with E-state index in [0.29, 0.717) is 24.6 Å². The number of ether oxygens (including phenoxy) is 2. The Bertz CT molecular complexity index is 982. The zero-order valence-corrected chi connectivity index (χ0v) is 15.8. The number of aromatic nitrogens is 1. The van der Waals surface area contributed by atoms with E-state index in [-0.39, 0.29) is 11.3 Å². The number of benzene rings is 1. The third-order valence-electron chi connectivity index (χ3n) is 5.81. The van der Waals surface area contributed by atoms with Gasteiger partial charge in [-0.15, -0.1) is 0 Å². The van der Waals surface area contributed by atoms with Crippen LogP contribution in [0, 0.1) is 6.92 Å². The van der Waals surface area contributed by atoms with Crippen LogP contribution in [0.15, 0.2) is 30.5 Å². The molecule has 7 nitrogen and oxygen atoms in total. The molecule has 0 radical (unpaired) electrons. The molecule has 2 aliphatic heterocycles. The maximum Gasteiger partial charge on any atom is 0.329 e. The smallest absolute Gasteiger partial charge is 0.329 e. The Balaban J connectivity index is 1.41. The lowest BCUT2D eigenvalue weighted by Gasteiger charge is -2.15. The van der Waals surface area contributed by atoms with Gasteiger partial charge in [-0.3, -0.25) is 4.79 Å². The van der Waals surface area contributed by atoms with E-state index in [1.54, 1.807) is 12.1 Å². The fourth-order valence-electron chi connectivity index (χ4n) is 4.00. The van der Waals surface area contributed by atoms with E-state index in [1.165, 1.54) is 6.20 Å². The molecule has 0 bridgehead atoms. The summed E-state index contributed by atoms with van der Waals surface area (Å²) in [4.78, 5) is 29.9. The van der Waals surface area contributed by atoms with Crippen LogP contribution in [-0.2, 0) is 10.2 Å². The maximum atomic E-state index is 12.3. The highest BCUT2D eigenvalue weighted by molar-refractivity contribution is 6.21. The Hall–Kier alpha value is -3.09. The summed E-state index contributed by atoms with van der Waals surface area (Å²) in [5.41, 5.74) is 2.77. The van der Waals surface area contributed by atoms with Crippen molar-refractivity contribution in [1.82, 2.24) is 10.3 Å². The second-order valence-corrected chi connectivity index (χ2v) is 7.69. The maximum absolute atomic E-state index is 12.3. The number of carbonyl (C=O) groups excluding carboxylic acids is 2. The number of pyridine rings is 1. The summed E-state index contributed by atoms with van der Waals surface area (Å²) in [7, 11) is 0. The van der Waals surface area contributed by atoms with Crippen LogP contribution in [0.5, 0.6) is 17.4 Å². The van der Waals surface area contributed by atoms with Crippen molar-refractivity contribution in [2.45, 2.75) is 44.6 Å². The number of carbonyl (C=O) groups is 2. The third-order valence-corrected chi connectivity index (χ3v) is 5.81. The van der Waals surface area contributed by atoms with Gasteiger partial charge in [-0.05, 0) is 43.9 Å². The van der Waals surface area contributed by atoms with Gasteiger partial charge in [0.25, 0.3) is 5.91 Å². The number of urea groups is 1. The molecule has 28 heavy (non-hydrogen) atoms. The topological polar surface area (TPSA) is 80.8 Å². The zero-order valence-electron chi connectivity index (χ0n) is 15.8. The van der Waals surface area contributed by atoms with E-state index >= 15 is 0 Å². The summed E-state index contributed by atoms with van der Waals surface area (Å²) in [6, 6.07) is 6.40. The van der Waals surface area contributed by atoms with Crippen molar-refractivity contribution in [3.63, 3.8) is 0 Å². The van der Waals surface area contributed by atoms with Crippen LogP contribution in [0.3, 0.4) is 0 Å².